The Morgan fingerprint density at radius 3 is 2.89 bits per heavy atom. The summed E-state index contributed by atoms with van der Waals surface area (Å²) in [5.74, 6) is -0.0770. The molecule has 2 heterocycles. The molecule has 1 aliphatic heterocycles. The predicted molar refractivity (Wildman–Crippen MR) is 69.8 cm³/mol. The minimum Gasteiger partial charge on any atom is -0.351 e. The van der Waals surface area contributed by atoms with E-state index in [4.69, 9.17) is 11.6 Å². The third-order valence-electron chi connectivity index (χ3n) is 2.91. The number of likely N-dealkylation sites (tertiary alicyclic amines) is 1. The second-order valence-corrected chi connectivity index (χ2v) is 4.71. The number of aromatic nitrogens is 2. The molecule has 1 fully saturated rings. The molecule has 0 atom stereocenters. The van der Waals surface area contributed by atoms with Crippen LogP contribution in [-0.4, -0.2) is 46.3 Å². The first-order valence-electron chi connectivity index (χ1n) is 6.20. The lowest BCUT2D eigenvalue weighted by Gasteiger charge is -2.15. The van der Waals surface area contributed by atoms with Gasteiger partial charge in [-0.3, -0.25) is 9.59 Å². The standard InChI is InChI=1S/C12H15ClN4O2/c13-10-8-15-9(7-16-10)12(19)14-4-2-6-17-5-1-3-11(17)18/h7-8H,1-6H2,(H,14,19). The maximum Gasteiger partial charge on any atom is 0.271 e. The van der Waals surface area contributed by atoms with Crippen molar-refractivity contribution in [3.05, 3.63) is 23.2 Å². The molecule has 1 saturated heterocycles. The third-order valence-corrected chi connectivity index (χ3v) is 3.11. The Hall–Kier alpha value is -1.69. The largest absolute Gasteiger partial charge is 0.351 e. The molecule has 0 unspecified atom stereocenters. The smallest absolute Gasteiger partial charge is 0.271 e. The van der Waals surface area contributed by atoms with E-state index in [-0.39, 0.29) is 22.7 Å². The fourth-order valence-electron chi connectivity index (χ4n) is 1.93. The van der Waals surface area contributed by atoms with E-state index in [2.05, 4.69) is 15.3 Å². The number of nitrogens with zero attached hydrogens (tertiary/aromatic N) is 3. The maximum atomic E-state index is 11.7. The van der Waals surface area contributed by atoms with Crippen LogP contribution in [0.25, 0.3) is 0 Å². The first kappa shape index (κ1) is 13.7. The molecule has 1 aliphatic rings. The van der Waals surface area contributed by atoms with Crippen LogP contribution in [0.1, 0.15) is 29.8 Å². The Morgan fingerprint density at radius 2 is 2.26 bits per heavy atom. The fraction of sp³-hybridized carbons (Fsp3) is 0.500. The lowest BCUT2D eigenvalue weighted by Crippen LogP contribution is -2.31. The van der Waals surface area contributed by atoms with Crippen LogP contribution in [0.3, 0.4) is 0 Å². The van der Waals surface area contributed by atoms with Gasteiger partial charge < -0.3 is 10.2 Å². The zero-order valence-electron chi connectivity index (χ0n) is 10.4. The van der Waals surface area contributed by atoms with Crippen LogP contribution >= 0.6 is 11.6 Å². The van der Waals surface area contributed by atoms with E-state index in [1.165, 1.54) is 12.4 Å². The van der Waals surface area contributed by atoms with Gasteiger partial charge in [0.05, 0.1) is 12.4 Å². The highest BCUT2D eigenvalue weighted by Crippen LogP contribution is 2.09. The lowest BCUT2D eigenvalue weighted by atomic mass is 10.3. The molecule has 19 heavy (non-hydrogen) atoms. The van der Waals surface area contributed by atoms with E-state index in [0.29, 0.717) is 19.5 Å². The number of hydrogen-bond donors (Lipinski definition) is 1. The second kappa shape index (κ2) is 6.47. The average molecular weight is 283 g/mol. The number of nitrogens with one attached hydrogen (secondary N) is 1. The van der Waals surface area contributed by atoms with E-state index in [0.717, 1.165) is 19.4 Å². The molecule has 6 nitrogen and oxygen atoms in total. The minimum absolute atomic E-state index is 0.204. The molecule has 0 saturated carbocycles. The van der Waals surface area contributed by atoms with Crippen LogP contribution < -0.4 is 5.32 Å². The van der Waals surface area contributed by atoms with Crippen LogP contribution in [0.15, 0.2) is 12.4 Å². The normalized spacial score (nSPS) is 14.8. The first-order chi connectivity index (χ1) is 9.16. The van der Waals surface area contributed by atoms with Crippen molar-refractivity contribution in [2.75, 3.05) is 19.6 Å². The Morgan fingerprint density at radius 1 is 1.42 bits per heavy atom. The molecular weight excluding hydrogens is 268 g/mol. The van der Waals surface area contributed by atoms with Crippen molar-refractivity contribution in [3.8, 4) is 0 Å². The van der Waals surface area contributed by atoms with Gasteiger partial charge in [-0.15, -0.1) is 0 Å². The number of carbonyl (C=O) groups is 2. The number of halogens is 1. The van der Waals surface area contributed by atoms with Gasteiger partial charge in [0.2, 0.25) is 5.91 Å². The summed E-state index contributed by atoms with van der Waals surface area (Å²) >= 11 is 5.59. The summed E-state index contributed by atoms with van der Waals surface area (Å²) in [5, 5.41) is 2.99. The van der Waals surface area contributed by atoms with Crippen molar-refractivity contribution in [3.63, 3.8) is 0 Å². The van der Waals surface area contributed by atoms with Gasteiger partial charge in [-0.05, 0) is 12.8 Å². The van der Waals surface area contributed by atoms with Crippen molar-refractivity contribution in [2.45, 2.75) is 19.3 Å². The topological polar surface area (TPSA) is 75.2 Å². The maximum absolute atomic E-state index is 11.7. The third kappa shape index (κ3) is 3.89. The highest BCUT2D eigenvalue weighted by molar-refractivity contribution is 6.29. The van der Waals surface area contributed by atoms with Crippen molar-refractivity contribution in [1.29, 1.82) is 0 Å². The molecule has 0 bridgehead atoms. The first-order valence-corrected chi connectivity index (χ1v) is 6.58. The summed E-state index contributed by atoms with van der Waals surface area (Å²) in [7, 11) is 0. The highest BCUT2D eigenvalue weighted by atomic mass is 35.5. The van der Waals surface area contributed by atoms with Crippen molar-refractivity contribution < 1.29 is 9.59 Å². The van der Waals surface area contributed by atoms with E-state index in [9.17, 15) is 9.59 Å². The van der Waals surface area contributed by atoms with Crippen LogP contribution in [0.5, 0.6) is 0 Å². The zero-order valence-corrected chi connectivity index (χ0v) is 11.2. The van der Waals surface area contributed by atoms with Crippen LogP contribution in [0.4, 0.5) is 0 Å². The molecule has 2 amide bonds. The molecule has 0 aliphatic carbocycles. The summed E-state index contributed by atoms with van der Waals surface area (Å²) in [4.78, 5) is 32.5. The molecule has 7 heteroatoms. The minimum atomic E-state index is -0.281. The monoisotopic (exact) mass is 282 g/mol. The van der Waals surface area contributed by atoms with Gasteiger partial charge in [0.15, 0.2) is 0 Å². The molecular formula is C12H15ClN4O2. The van der Waals surface area contributed by atoms with Gasteiger partial charge in [-0.2, -0.15) is 0 Å². The molecule has 1 aromatic rings. The number of hydrogen-bond acceptors (Lipinski definition) is 4. The molecule has 0 spiro atoms. The number of carbonyl (C=O) groups excluding carboxylic acids is 2. The molecule has 1 N–H and O–H groups in total. The van der Waals surface area contributed by atoms with Crippen LogP contribution in [0.2, 0.25) is 5.15 Å². The van der Waals surface area contributed by atoms with E-state index < -0.39 is 0 Å². The lowest BCUT2D eigenvalue weighted by molar-refractivity contribution is -0.127. The quantitative estimate of drug-likeness (QED) is 0.813. The average Bonchev–Trinajstić information content (AvgIpc) is 2.81. The number of amides is 2. The van der Waals surface area contributed by atoms with Crippen molar-refractivity contribution in [2.24, 2.45) is 0 Å². The van der Waals surface area contributed by atoms with Gasteiger partial charge in [0, 0.05) is 26.1 Å². The van der Waals surface area contributed by atoms with Crippen LogP contribution in [-0.2, 0) is 4.79 Å². The van der Waals surface area contributed by atoms with Crippen molar-refractivity contribution in [1.82, 2.24) is 20.2 Å². The second-order valence-electron chi connectivity index (χ2n) is 4.32. The van der Waals surface area contributed by atoms with Gasteiger partial charge in [-0.25, -0.2) is 9.97 Å². The Balaban J connectivity index is 1.69. The summed E-state index contributed by atoms with van der Waals surface area (Å²) in [5.41, 5.74) is 0.238. The molecule has 0 radical (unpaired) electrons. The van der Waals surface area contributed by atoms with Crippen molar-refractivity contribution >= 4 is 23.4 Å². The van der Waals surface area contributed by atoms with Gasteiger partial charge in [0.25, 0.3) is 5.91 Å². The van der Waals surface area contributed by atoms with Gasteiger partial charge in [-0.1, -0.05) is 11.6 Å². The van der Waals surface area contributed by atoms with Crippen LogP contribution in [0, 0.1) is 0 Å². The van der Waals surface area contributed by atoms with E-state index in [1.807, 2.05) is 4.90 Å². The summed E-state index contributed by atoms with van der Waals surface area (Å²) in [6.07, 6.45) is 4.98. The Kier molecular flexibility index (Phi) is 4.68. The fourth-order valence-corrected chi connectivity index (χ4v) is 2.03. The van der Waals surface area contributed by atoms with Gasteiger partial charge >= 0.3 is 0 Å². The van der Waals surface area contributed by atoms with E-state index >= 15 is 0 Å². The zero-order chi connectivity index (χ0) is 13.7. The Bertz CT molecular complexity index is 463. The molecule has 102 valence electrons. The van der Waals surface area contributed by atoms with Gasteiger partial charge in [0.1, 0.15) is 10.8 Å². The predicted octanol–water partition coefficient (Wildman–Crippen LogP) is 0.872. The Labute approximate surface area is 116 Å². The number of rotatable bonds is 5. The van der Waals surface area contributed by atoms with E-state index in [1.54, 1.807) is 0 Å². The summed E-state index contributed by atoms with van der Waals surface area (Å²) in [6.45, 7) is 2.02. The summed E-state index contributed by atoms with van der Waals surface area (Å²) < 4.78 is 0. The SMILES string of the molecule is O=C(NCCCN1CCCC1=O)c1cnc(Cl)cn1. The molecule has 2 rings (SSSR count). The summed E-state index contributed by atoms with van der Waals surface area (Å²) in [6, 6.07) is 0. The highest BCUT2D eigenvalue weighted by Gasteiger charge is 2.19. The molecule has 1 aromatic heterocycles. The molecule has 0 aromatic carbocycles.